The zero-order valence-corrected chi connectivity index (χ0v) is 18.5. The van der Waals surface area contributed by atoms with Gasteiger partial charge in [0.25, 0.3) is 5.91 Å². The van der Waals surface area contributed by atoms with Crippen LogP contribution in [0.5, 0.6) is 0 Å². The minimum Gasteiger partial charge on any atom is -0.366 e. The predicted octanol–water partition coefficient (Wildman–Crippen LogP) is 2.99. The number of nitriles is 1. The number of imidazole rings is 1. The van der Waals surface area contributed by atoms with Crippen molar-refractivity contribution in [1.29, 1.82) is 5.26 Å². The van der Waals surface area contributed by atoms with E-state index in [1.807, 2.05) is 0 Å². The molecular formula is C23H24FN7O2. The number of rotatable bonds is 4. The zero-order chi connectivity index (χ0) is 23.5. The first kappa shape index (κ1) is 21.1. The number of primary amides is 1. The Bertz CT molecular complexity index is 1390. The molecule has 3 fully saturated rings. The van der Waals surface area contributed by atoms with Gasteiger partial charge in [0.15, 0.2) is 11.5 Å². The molecule has 3 saturated carbocycles. The van der Waals surface area contributed by atoms with Crippen LogP contribution in [0.4, 0.5) is 16.0 Å². The summed E-state index contributed by atoms with van der Waals surface area (Å²) in [5, 5.41) is 12.5. The van der Waals surface area contributed by atoms with Crippen molar-refractivity contribution in [3.8, 4) is 6.07 Å². The first-order chi connectivity index (χ1) is 15.7. The molecular weight excluding hydrogens is 425 g/mol. The fraction of sp³-hybridized carbons (Fsp3) is 0.435. The Labute approximate surface area is 189 Å². The number of nitrogens with zero attached hydrogens (tertiary/aromatic N) is 5. The maximum atomic E-state index is 14.8. The van der Waals surface area contributed by atoms with E-state index in [9.17, 15) is 19.2 Å². The maximum absolute atomic E-state index is 14.8. The SMILES string of the molecule is Cc1cc(Nc2ncc3c(n2)n(C24CCC(C#N)(CC2)CC4)c(=O)n3C)c(F)c(C(N)=O)c1. The van der Waals surface area contributed by atoms with Crippen LogP contribution in [0.15, 0.2) is 23.1 Å². The number of benzene rings is 1. The Morgan fingerprint density at radius 1 is 1.24 bits per heavy atom. The van der Waals surface area contributed by atoms with Crippen molar-refractivity contribution in [2.75, 3.05) is 5.32 Å². The van der Waals surface area contributed by atoms with Crippen LogP contribution in [0.2, 0.25) is 0 Å². The van der Waals surface area contributed by atoms with Crippen LogP contribution in [0.25, 0.3) is 11.2 Å². The molecule has 1 aromatic carbocycles. The number of anilines is 2. The second kappa shape index (κ2) is 7.13. The van der Waals surface area contributed by atoms with Gasteiger partial charge in [0, 0.05) is 7.05 Å². The topological polar surface area (TPSA) is 132 Å². The van der Waals surface area contributed by atoms with Gasteiger partial charge >= 0.3 is 5.69 Å². The van der Waals surface area contributed by atoms with Gasteiger partial charge < -0.3 is 11.1 Å². The number of aromatic nitrogens is 4. The van der Waals surface area contributed by atoms with Crippen LogP contribution in [0.1, 0.15) is 54.4 Å². The summed E-state index contributed by atoms with van der Waals surface area (Å²) in [5.41, 5.74) is 5.94. The van der Waals surface area contributed by atoms with Gasteiger partial charge in [0.05, 0.1) is 34.5 Å². The molecule has 2 heterocycles. The van der Waals surface area contributed by atoms with Gasteiger partial charge in [-0.1, -0.05) is 0 Å². The Balaban J connectivity index is 1.60. The van der Waals surface area contributed by atoms with E-state index in [0.717, 1.165) is 38.5 Å². The molecule has 0 unspecified atom stereocenters. The lowest BCUT2D eigenvalue weighted by Gasteiger charge is -2.50. The molecule has 10 heteroatoms. The molecule has 2 aromatic heterocycles. The maximum Gasteiger partial charge on any atom is 0.330 e. The fourth-order valence-electron chi connectivity index (χ4n) is 5.43. The average molecular weight is 449 g/mol. The van der Waals surface area contributed by atoms with Gasteiger partial charge in [0.1, 0.15) is 5.52 Å². The summed E-state index contributed by atoms with van der Waals surface area (Å²) in [6.07, 6.45) is 6.02. The normalized spacial score (nSPS) is 24.1. The molecule has 9 nitrogen and oxygen atoms in total. The van der Waals surface area contributed by atoms with Gasteiger partial charge in [-0.15, -0.1) is 0 Å². The molecule has 170 valence electrons. The summed E-state index contributed by atoms with van der Waals surface area (Å²) in [6.45, 7) is 1.72. The molecule has 3 N–H and O–H groups in total. The molecule has 6 rings (SSSR count). The van der Waals surface area contributed by atoms with E-state index in [-0.39, 0.29) is 28.3 Å². The number of nitrogens with one attached hydrogen (secondary N) is 1. The van der Waals surface area contributed by atoms with Crippen molar-refractivity contribution in [1.82, 2.24) is 19.1 Å². The number of amides is 1. The van der Waals surface area contributed by atoms with Crippen LogP contribution in [-0.2, 0) is 12.6 Å². The lowest BCUT2D eigenvalue weighted by atomic mass is 9.58. The van der Waals surface area contributed by atoms with Crippen LogP contribution in [0, 0.1) is 29.5 Å². The molecule has 3 aliphatic rings. The van der Waals surface area contributed by atoms with Crippen molar-refractivity contribution < 1.29 is 9.18 Å². The summed E-state index contributed by atoms with van der Waals surface area (Å²) in [5.74, 6) is -1.54. The number of hydrogen-bond acceptors (Lipinski definition) is 6. The molecule has 0 radical (unpaired) electrons. The van der Waals surface area contributed by atoms with Gasteiger partial charge in [-0.05, 0) is 63.1 Å². The van der Waals surface area contributed by atoms with Crippen molar-refractivity contribution in [2.24, 2.45) is 18.2 Å². The van der Waals surface area contributed by atoms with Gasteiger partial charge in [-0.25, -0.2) is 14.2 Å². The first-order valence-corrected chi connectivity index (χ1v) is 10.9. The largest absolute Gasteiger partial charge is 0.366 e. The second-order valence-electron chi connectivity index (χ2n) is 9.36. The van der Waals surface area contributed by atoms with E-state index < -0.39 is 17.3 Å². The Hall–Kier alpha value is -3.74. The van der Waals surface area contributed by atoms with Gasteiger partial charge in [0.2, 0.25) is 5.95 Å². The quantitative estimate of drug-likeness (QED) is 0.629. The van der Waals surface area contributed by atoms with Gasteiger partial charge in [-0.3, -0.25) is 13.9 Å². The van der Waals surface area contributed by atoms with E-state index in [1.54, 1.807) is 18.5 Å². The highest BCUT2D eigenvalue weighted by molar-refractivity contribution is 5.94. The minimum absolute atomic E-state index is 0.0280. The highest BCUT2D eigenvalue weighted by Crippen LogP contribution is 2.55. The van der Waals surface area contributed by atoms with Crippen molar-refractivity contribution >= 4 is 28.7 Å². The van der Waals surface area contributed by atoms with Crippen molar-refractivity contribution in [3.05, 3.63) is 45.8 Å². The lowest BCUT2D eigenvalue weighted by molar-refractivity contribution is 0.0350. The molecule has 0 atom stereocenters. The molecule has 1 amide bonds. The van der Waals surface area contributed by atoms with Crippen LogP contribution in [0.3, 0.4) is 0 Å². The standard InChI is InChI=1S/C23H24FN7O2/c1-13-9-14(18(26)32)17(24)15(10-13)28-20-27-11-16-19(29-20)31(21(33)30(16)2)23-6-3-22(12-25,4-7-23)5-8-23/h9-11H,3-8H2,1-2H3,(H2,26,32)(H,27,28,29). The summed E-state index contributed by atoms with van der Waals surface area (Å²) < 4.78 is 18.1. The van der Waals surface area contributed by atoms with E-state index in [0.29, 0.717) is 16.7 Å². The third-order valence-electron chi connectivity index (χ3n) is 7.45. The zero-order valence-electron chi connectivity index (χ0n) is 18.5. The van der Waals surface area contributed by atoms with Crippen LogP contribution in [-0.4, -0.2) is 25.0 Å². The first-order valence-electron chi connectivity index (χ1n) is 10.9. The fourth-order valence-corrected chi connectivity index (χ4v) is 5.43. The van der Waals surface area contributed by atoms with Crippen molar-refractivity contribution in [2.45, 2.75) is 51.0 Å². The highest BCUT2D eigenvalue weighted by atomic mass is 19.1. The summed E-state index contributed by atoms with van der Waals surface area (Å²) in [7, 11) is 1.68. The smallest absolute Gasteiger partial charge is 0.330 e. The van der Waals surface area contributed by atoms with E-state index >= 15 is 0 Å². The molecule has 0 saturated heterocycles. The lowest BCUT2D eigenvalue weighted by Crippen LogP contribution is -2.50. The highest BCUT2D eigenvalue weighted by Gasteiger charge is 2.51. The number of aryl methyl sites for hydroxylation is 2. The summed E-state index contributed by atoms with van der Waals surface area (Å²) >= 11 is 0. The molecule has 0 spiro atoms. The van der Waals surface area contributed by atoms with Crippen molar-refractivity contribution in [3.63, 3.8) is 0 Å². The molecule has 33 heavy (non-hydrogen) atoms. The Morgan fingerprint density at radius 2 is 1.91 bits per heavy atom. The molecule has 2 bridgehead atoms. The Morgan fingerprint density at radius 3 is 2.52 bits per heavy atom. The number of fused-ring (bicyclic) bond motifs is 4. The summed E-state index contributed by atoms with van der Waals surface area (Å²) in [6, 6.07) is 5.41. The van der Waals surface area contributed by atoms with Gasteiger partial charge in [-0.2, -0.15) is 10.2 Å². The number of nitrogens with two attached hydrogens (primary N) is 1. The Kier molecular flexibility index (Phi) is 4.57. The van der Waals surface area contributed by atoms with Crippen LogP contribution < -0.4 is 16.7 Å². The summed E-state index contributed by atoms with van der Waals surface area (Å²) in [4.78, 5) is 33.7. The van der Waals surface area contributed by atoms with Crippen LogP contribution >= 0.6 is 0 Å². The third kappa shape index (κ3) is 3.10. The molecule has 3 aromatic rings. The second-order valence-corrected chi connectivity index (χ2v) is 9.36. The predicted molar refractivity (Wildman–Crippen MR) is 119 cm³/mol. The van der Waals surface area contributed by atoms with E-state index in [2.05, 4.69) is 21.4 Å². The third-order valence-corrected chi connectivity index (χ3v) is 7.45. The van der Waals surface area contributed by atoms with E-state index in [4.69, 9.17) is 5.73 Å². The monoisotopic (exact) mass is 449 g/mol. The number of carbonyl (C=O) groups is 1. The van der Waals surface area contributed by atoms with E-state index in [1.165, 1.54) is 22.9 Å². The molecule has 0 aliphatic heterocycles. The number of halogens is 1. The number of carbonyl (C=O) groups excluding carboxylic acids is 1. The molecule has 3 aliphatic carbocycles. The number of hydrogen-bond donors (Lipinski definition) is 2. The average Bonchev–Trinajstić information content (AvgIpc) is 3.07. The minimum atomic E-state index is -0.866.